The van der Waals surface area contributed by atoms with Gasteiger partial charge in [-0.25, -0.2) is 9.78 Å². The largest absolute Gasteiger partial charge is 0.444 e. The smallest absolute Gasteiger partial charge is 0.410 e. The normalized spacial score (nSPS) is 13.1. The zero-order chi connectivity index (χ0) is 22.2. The number of anilines is 3. The monoisotopic (exact) mass is 439 g/mol. The maximum atomic E-state index is 12.5. The number of aromatic nitrogens is 4. The molecule has 9 nitrogen and oxygen atoms in total. The van der Waals surface area contributed by atoms with Crippen LogP contribution < -0.4 is 10.2 Å². The number of fused-ring (bicyclic) bond motifs is 1. The molecule has 10 heteroatoms. The molecular weight excluding hydrogens is 414 g/mol. The van der Waals surface area contributed by atoms with E-state index in [-0.39, 0.29) is 6.09 Å². The van der Waals surface area contributed by atoms with Gasteiger partial charge in [-0.15, -0.1) is 0 Å². The molecule has 0 spiro atoms. The van der Waals surface area contributed by atoms with Gasteiger partial charge in [0.25, 0.3) is 0 Å². The van der Waals surface area contributed by atoms with Gasteiger partial charge in [0.2, 0.25) is 5.13 Å². The Morgan fingerprint density at radius 2 is 2.00 bits per heavy atom. The lowest BCUT2D eigenvalue weighted by molar-refractivity contribution is 0.0242. The molecule has 162 valence electrons. The molecule has 3 aromatic heterocycles. The van der Waals surface area contributed by atoms with Crippen LogP contribution in [0.1, 0.15) is 31.9 Å². The van der Waals surface area contributed by atoms with Crippen molar-refractivity contribution in [3.05, 3.63) is 41.7 Å². The van der Waals surface area contributed by atoms with Crippen LogP contribution in [0.2, 0.25) is 0 Å². The summed E-state index contributed by atoms with van der Waals surface area (Å²) in [5, 5.41) is 3.87. The minimum Gasteiger partial charge on any atom is -0.444 e. The van der Waals surface area contributed by atoms with E-state index in [1.54, 1.807) is 17.3 Å². The minimum atomic E-state index is -0.541. The van der Waals surface area contributed by atoms with E-state index in [4.69, 9.17) is 4.74 Å². The predicted octanol–water partition coefficient (Wildman–Crippen LogP) is 4.06. The van der Waals surface area contributed by atoms with Crippen molar-refractivity contribution in [3.63, 3.8) is 0 Å². The number of pyridine rings is 2. The Morgan fingerprint density at radius 3 is 2.74 bits per heavy atom. The van der Waals surface area contributed by atoms with Gasteiger partial charge in [0.05, 0.1) is 12.2 Å². The number of nitrogens with one attached hydrogen (secondary N) is 1. The van der Waals surface area contributed by atoms with Crippen LogP contribution in [0, 0.1) is 0 Å². The molecule has 1 N–H and O–H groups in total. The van der Waals surface area contributed by atoms with Gasteiger partial charge in [0.1, 0.15) is 11.3 Å². The van der Waals surface area contributed by atoms with E-state index >= 15 is 0 Å². The van der Waals surface area contributed by atoms with Gasteiger partial charge in [-0.1, -0.05) is 0 Å². The van der Waals surface area contributed by atoms with Crippen molar-refractivity contribution in [2.24, 2.45) is 0 Å². The Labute approximate surface area is 185 Å². The number of carbonyl (C=O) groups excluding carboxylic acids is 1. The number of rotatable bonds is 4. The average molecular weight is 440 g/mol. The number of hydrogen-bond acceptors (Lipinski definition) is 9. The van der Waals surface area contributed by atoms with Crippen molar-refractivity contribution in [3.8, 4) is 11.5 Å². The van der Waals surface area contributed by atoms with Crippen molar-refractivity contribution in [2.45, 2.75) is 39.5 Å². The van der Waals surface area contributed by atoms with Gasteiger partial charge in [-0.3, -0.25) is 9.88 Å². The van der Waals surface area contributed by atoms with Crippen LogP contribution in [0.3, 0.4) is 0 Å². The first-order valence-electron chi connectivity index (χ1n) is 9.89. The topological polar surface area (TPSA) is 96.4 Å². The maximum absolute atomic E-state index is 12.5. The summed E-state index contributed by atoms with van der Waals surface area (Å²) in [6.07, 6.45) is 3.12. The molecule has 0 saturated heterocycles. The van der Waals surface area contributed by atoms with Crippen LogP contribution in [-0.4, -0.2) is 50.0 Å². The Bertz CT molecular complexity index is 1110. The lowest BCUT2D eigenvalue weighted by atomic mass is 10.1. The first-order chi connectivity index (χ1) is 14.7. The second kappa shape index (κ2) is 8.10. The van der Waals surface area contributed by atoms with Gasteiger partial charge >= 0.3 is 6.09 Å². The van der Waals surface area contributed by atoms with E-state index in [2.05, 4.69) is 24.6 Å². The van der Waals surface area contributed by atoms with Crippen molar-refractivity contribution >= 4 is 34.3 Å². The summed E-state index contributed by atoms with van der Waals surface area (Å²) in [5.74, 6) is 1.23. The molecule has 0 bridgehead atoms. The molecular formula is C21H25N7O2S. The minimum absolute atomic E-state index is 0.338. The standard InChI is InChI=1S/C21H25N7O2S/c1-21(2,3)30-20(29)28-11-13-8-10-22-16(14(13)12-28)18-25-19(31-26-18)24-17-15(27(4)5)7-6-9-23-17/h6-10H,11-12H2,1-5H3,(H,23,24,25,26). The Morgan fingerprint density at radius 1 is 1.19 bits per heavy atom. The predicted molar refractivity (Wildman–Crippen MR) is 120 cm³/mol. The van der Waals surface area contributed by atoms with E-state index in [0.29, 0.717) is 35.6 Å². The molecule has 3 aromatic rings. The van der Waals surface area contributed by atoms with Gasteiger partial charge in [-0.05, 0) is 44.5 Å². The molecule has 0 aliphatic carbocycles. The first-order valence-corrected chi connectivity index (χ1v) is 10.7. The van der Waals surface area contributed by atoms with Crippen LogP contribution in [-0.2, 0) is 17.8 Å². The number of nitrogens with zero attached hydrogens (tertiary/aromatic N) is 6. The summed E-state index contributed by atoms with van der Waals surface area (Å²) in [5.41, 5.74) is 3.07. The second-order valence-corrected chi connectivity index (χ2v) is 9.20. The van der Waals surface area contributed by atoms with Crippen molar-refractivity contribution in [1.82, 2.24) is 24.2 Å². The number of hydrogen-bond donors (Lipinski definition) is 1. The number of ether oxygens (including phenoxy) is 1. The highest BCUT2D eigenvalue weighted by Crippen LogP contribution is 2.33. The zero-order valence-electron chi connectivity index (χ0n) is 18.2. The summed E-state index contributed by atoms with van der Waals surface area (Å²) in [6.45, 7) is 6.48. The maximum Gasteiger partial charge on any atom is 0.410 e. The molecule has 0 atom stereocenters. The molecule has 0 saturated carbocycles. The van der Waals surface area contributed by atoms with E-state index in [1.165, 1.54) is 11.5 Å². The van der Waals surface area contributed by atoms with Crippen LogP contribution in [0.4, 0.5) is 21.4 Å². The van der Waals surface area contributed by atoms with Crippen LogP contribution >= 0.6 is 11.5 Å². The highest BCUT2D eigenvalue weighted by Gasteiger charge is 2.30. The third-order valence-corrected chi connectivity index (χ3v) is 5.28. The molecule has 4 heterocycles. The van der Waals surface area contributed by atoms with E-state index in [9.17, 15) is 4.79 Å². The van der Waals surface area contributed by atoms with E-state index in [1.807, 2.05) is 58.0 Å². The molecule has 1 aliphatic heterocycles. The zero-order valence-corrected chi connectivity index (χ0v) is 19.0. The fourth-order valence-electron chi connectivity index (χ4n) is 3.28. The number of carbonyl (C=O) groups is 1. The van der Waals surface area contributed by atoms with Crippen LogP contribution in [0.5, 0.6) is 0 Å². The van der Waals surface area contributed by atoms with Crippen LogP contribution in [0.15, 0.2) is 30.6 Å². The summed E-state index contributed by atoms with van der Waals surface area (Å²) in [4.78, 5) is 29.7. The lowest BCUT2D eigenvalue weighted by Gasteiger charge is -2.24. The summed E-state index contributed by atoms with van der Waals surface area (Å²) in [7, 11) is 3.92. The lowest BCUT2D eigenvalue weighted by Crippen LogP contribution is -2.33. The van der Waals surface area contributed by atoms with Gasteiger partial charge in [-0.2, -0.15) is 9.36 Å². The summed E-state index contributed by atoms with van der Waals surface area (Å²) in [6, 6.07) is 5.79. The molecule has 0 radical (unpaired) electrons. The Hall–Kier alpha value is -3.27. The quantitative estimate of drug-likeness (QED) is 0.650. The van der Waals surface area contributed by atoms with Gasteiger partial charge in [0.15, 0.2) is 11.6 Å². The molecule has 1 amide bonds. The van der Waals surface area contributed by atoms with E-state index < -0.39 is 5.60 Å². The van der Waals surface area contributed by atoms with E-state index in [0.717, 1.165) is 16.8 Å². The fourth-order valence-corrected chi connectivity index (χ4v) is 3.85. The molecule has 1 aliphatic rings. The average Bonchev–Trinajstić information content (AvgIpc) is 3.33. The highest BCUT2D eigenvalue weighted by molar-refractivity contribution is 7.09. The summed E-state index contributed by atoms with van der Waals surface area (Å²) >= 11 is 1.24. The SMILES string of the molecule is CN(C)c1cccnc1Nc1nc(-c2nccc3c2CN(C(=O)OC(C)(C)C)C3)ns1. The van der Waals surface area contributed by atoms with Gasteiger partial charge in [0, 0.05) is 50.1 Å². The summed E-state index contributed by atoms with van der Waals surface area (Å²) < 4.78 is 10.0. The van der Waals surface area contributed by atoms with Crippen LogP contribution in [0.25, 0.3) is 11.5 Å². The fraction of sp³-hybridized carbons (Fsp3) is 0.381. The Balaban J connectivity index is 1.56. The molecule has 0 aromatic carbocycles. The Kier molecular flexibility index (Phi) is 5.48. The molecule has 0 unspecified atom stereocenters. The van der Waals surface area contributed by atoms with Crippen molar-refractivity contribution in [2.75, 3.05) is 24.3 Å². The highest BCUT2D eigenvalue weighted by atomic mass is 32.1. The van der Waals surface area contributed by atoms with Gasteiger partial charge < -0.3 is 15.0 Å². The third kappa shape index (κ3) is 4.58. The number of amides is 1. The van der Waals surface area contributed by atoms with Crippen molar-refractivity contribution < 1.29 is 9.53 Å². The second-order valence-electron chi connectivity index (χ2n) is 8.45. The van der Waals surface area contributed by atoms with Crippen molar-refractivity contribution in [1.29, 1.82) is 0 Å². The molecule has 4 rings (SSSR count). The third-order valence-electron chi connectivity index (χ3n) is 4.65. The molecule has 31 heavy (non-hydrogen) atoms. The molecule has 0 fully saturated rings. The first kappa shape index (κ1) is 21.0.